The lowest BCUT2D eigenvalue weighted by atomic mass is 9.98. The molecule has 3 aromatic rings. The number of aliphatic hydroxyl groups is 2. The number of rotatable bonds is 4. The summed E-state index contributed by atoms with van der Waals surface area (Å²) in [5.74, 6) is 1.22. The predicted octanol–water partition coefficient (Wildman–Crippen LogP) is 4.50. The molecule has 0 saturated carbocycles. The second-order valence-corrected chi connectivity index (χ2v) is 8.75. The zero-order valence-corrected chi connectivity index (χ0v) is 18.6. The van der Waals surface area contributed by atoms with Crippen LogP contribution in [0.5, 0.6) is 0 Å². The van der Waals surface area contributed by atoms with Crippen molar-refractivity contribution in [2.45, 2.75) is 37.7 Å². The zero-order chi connectivity index (χ0) is 21.5. The number of halogens is 1. The molecule has 5 rings (SSSR count). The van der Waals surface area contributed by atoms with E-state index in [1.165, 1.54) is 0 Å². The molecule has 0 bridgehead atoms. The second kappa shape index (κ2) is 8.24. The molecule has 2 aliphatic rings. The van der Waals surface area contributed by atoms with Crippen LogP contribution in [0.1, 0.15) is 41.2 Å². The number of hydrogen-bond acceptors (Lipinski definition) is 6. The number of hydrogen-bond donors (Lipinski definition) is 2. The Morgan fingerprint density at radius 1 is 1.06 bits per heavy atom. The highest BCUT2D eigenvalue weighted by Crippen LogP contribution is 2.41. The summed E-state index contributed by atoms with van der Waals surface area (Å²) in [7, 11) is 0. The second-order valence-electron chi connectivity index (χ2n) is 7.90. The van der Waals surface area contributed by atoms with Crippen molar-refractivity contribution in [2.24, 2.45) is 5.10 Å². The average Bonchev–Trinajstić information content (AvgIpc) is 3.47. The summed E-state index contributed by atoms with van der Waals surface area (Å²) in [5, 5.41) is 27.0. The Morgan fingerprint density at radius 2 is 1.81 bits per heavy atom. The van der Waals surface area contributed by atoms with Gasteiger partial charge in [0.1, 0.15) is 29.8 Å². The van der Waals surface area contributed by atoms with Gasteiger partial charge in [-0.05, 0) is 36.8 Å². The number of nitrogens with zero attached hydrogens (tertiary/aromatic N) is 2. The molecule has 1 aromatic heterocycles. The van der Waals surface area contributed by atoms with Crippen LogP contribution in [0.3, 0.4) is 0 Å². The largest absolute Gasteiger partial charge is 0.463 e. The Morgan fingerprint density at radius 3 is 2.52 bits per heavy atom. The summed E-state index contributed by atoms with van der Waals surface area (Å²) in [5.41, 5.74) is 3.97. The molecule has 31 heavy (non-hydrogen) atoms. The molecule has 1 unspecified atom stereocenters. The molecule has 4 atom stereocenters. The third-order valence-electron chi connectivity index (χ3n) is 5.87. The minimum Gasteiger partial charge on any atom is -0.463 e. The fourth-order valence-electron chi connectivity index (χ4n) is 4.26. The van der Waals surface area contributed by atoms with E-state index in [9.17, 15) is 10.2 Å². The molecular weight excluding hydrogens is 460 g/mol. The number of anilines is 1. The standard InChI is InChI=1S/C24H23BrN2O4/c1-14-17(11-22(31-14)24-23(29)21(28)13-30-24)19-12-20(16-9-5-6-10-18(16)25)27(26-19)15-7-3-2-4-8-15/h2-11,20-21,23-24,28-29H,12-13H2,1H3/t20?,21-,23-,24+/m1/s1. The van der Waals surface area contributed by atoms with E-state index in [2.05, 4.69) is 22.0 Å². The van der Waals surface area contributed by atoms with Crippen molar-refractivity contribution in [2.75, 3.05) is 11.6 Å². The topological polar surface area (TPSA) is 78.4 Å². The van der Waals surface area contributed by atoms with E-state index in [1.807, 2.05) is 66.5 Å². The number of aliphatic hydroxyl groups excluding tert-OH is 2. The molecule has 2 N–H and O–H groups in total. The van der Waals surface area contributed by atoms with Crippen LogP contribution in [0.25, 0.3) is 0 Å². The minimum absolute atomic E-state index is 0.0286. The Hall–Kier alpha value is -2.45. The molecule has 7 heteroatoms. The molecule has 1 saturated heterocycles. The van der Waals surface area contributed by atoms with Crippen LogP contribution in [0, 0.1) is 6.92 Å². The summed E-state index contributed by atoms with van der Waals surface area (Å²) in [6.45, 7) is 1.98. The molecule has 0 aliphatic carbocycles. The minimum atomic E-state index is -1.00. The van der Waals surface area contributed by atoms with Crippen LogP contribution < -0.4 is 5.01 Å². The van der Waals surface area contributed by atoms with Crippen LogP contribution in [0.4, 0.5) is 5.69 Å². The molecule has 0 amide bonds. The van der Waals surface area contributed by atoms with E-state index in [0.717, 1.165) is 27.0 Å². The molecule has 0 radical (unpaired) electrons. The van der Waals surface area contributed by atoms with Crippen molar-refractivity contribution < 1.29 is 19.4 Å². The van der Waals surface area contributed by atoms with Gasteiger partial charge >= 0.3 is 0 Å². The summed E-state index contributed by atoms with van der Waals surface area (Å²) < 4.78 is 12.5. The van der Waals surface area contributed by atoms with Crippen molar-refractivity contribution in [3.05, 3.63) is 87.8 Å². The van der Waals surface area contributed by atoms with Gasteiger partial charge in [0.25, 0.3) is 0 Å². The third-order valence-corrected chi connectivity index (χ3v) is 6.60. The lowest BCUT2D eigenvalue weighted by molar-refractivity contribution is 0.0117. The SMILES string of the molecule is Cc1oc([C@@H]2OC[C@@H](O)[C@H]2O)cc1C1=NN(c2ccccc2)C(c2ccccc2Br)C1. The van der Waals surface area contributed by atoms with Crippen molar-refractivity contribution in [3.8, 4) is 0 Å². The van der Waals surface area contributed by atoms with Gasteiger partial charge in [-0.1, -0.05) is 52.3 Å². The number of ether oxygens (including phenoxy) is 1. The predicted molar refractivity (Wildman–Crippen MR) is 121 cm³/mol. The number of para-hydroxylation sites is 1. The molecule has 3 heterocycles. The fourth-order valence-corrected chi connectivity index (χ4v) is 4.81. The molecule has 2 aromatic carbocycles. The molecular formula is C24H23BrN2O4. The number of aryl methyl sites for hydroxylation is 1. The highest BCUT2D eigenvalue weighted by molar-refractivity contribution is 9.10. The van der Waals surface area contributed by atoms with Gasteiger partial charge in [0.2, 0.25) is 0 Å². The molecule has 6 nitrogen and oxygen atoms in total. The average molecular weight is 483 g/mol. The van der Waals surface area contributed by atoms with Crippen molar-refractivity contribution in [3.63, 3.8) is 0 Å². The number of benzene rings is 2. The van der Waals surface area contributed by atoms with Crippen molar-refractivity contribution in [1.29, 1.82) is 0 Å². The first-order valence-corrected chi connectivity index (χ1v) is 11.1. The summed E-state index contributed by atoms with van der Waals surface area (Å²) in [6, 6.07) is 20.2. The zero-order valence-electron chi connectivity index (χ0n) is 17.0. The van der Waals surface area contributed by atoms with Gasteiger partial charge in [-0.15, -0.1) is 0 Å². The highest BCUT2D eigenvalue weighted by atomic mass is 79.9. The van der Waals surface area contributed by atoms with E-state index < -0.39 is 18.3 Å². The van der Waals surface area contributed by atoms with Crippen molar-refractivity contribution in [1.82, 2.24) is 0 Å². The van der Waals surface area contributed by atoms with E-state index in [4.69, 9.17) is 14.3 Å². The Kier molecular flexibility index (Phi) is 5.44. The van der Waals surface area contributed by atoms with Crippen LogP contribution in [0.15, 0.2) is 74.7 Å². The summed E-state index contributed by atoms with van der Waals surface area (Å²) in [4.78, 5) is 0. The van der Waals surface area contributed by atoms with Crippen LogP contribution in [-0.2, 0) is 4.74 Å². The number of hydrazone groups is 1. The van der Waals surface area contributed by atoms with Crippen molar-refractivity contribution >= 4 is 27.3 Å². The lowest BCUT2D eigenvalue weighted by Gasteiger charge is -2.24. The Balaban J connectivity index is 1.52. The smallest absolute Gasteiger partial charge is 0.144 e. The molecule has 1 fully saturated rings. The maximum Gasteiger partial charge on any atom is 0.144 e. The molecule has 0 spiro atoms. The Labute approximate surface area is 188 Å². The van der Waals surface area contributed by atoms with Crippen LogP contribution in [0.2, 0.25) is 0 Å². The highest BCUT2D eigenvalue weighted by Gasteiger charge is 2.39. The summed E-state index contributed by atoms with van der Waals surface area (Å²) in [6.07, 6.45) is -1.88. The first-order valence-electron chi connectivity index (χ1n) is 10.3. The van der Waals surface area contributed by atoms with E-state index in [1.54, 1.807) is 0 Å². The first-order chi connectivity index (χ1) is 15.0. The Bertz CT molecular complexity index is 1110. The van der Waals surface area contributed by atoms with Gasteiger partial charge in [-0.2, -0.15) is 5.10 Å². The van der Waals surface area contributed by atoms with E-state index >= 15 is 0 Å². The van der Waals surface area contributed by atoms with Gasteiger partial charge in [-0.3, -0.25) is 5.01 Å². The third kappa shape index (κ3) is 3.72. The normalized spacial score (nSPS) is 25.8. The van der Waals surface area contributed by atoms with Gasteiger partial charge in [0.05, 0.1) is 24.0 Å². The molecule has 160 valence electrons. The van der Waals surface area contributed by atoms with Crippen LogP contribution in [-0.4, -0.2) is 34.7 Å². The fraction of sp³-hybridized carbons (Fsp3) is 0.292. The van der Waals surface area contributed by atoms with Crippen LogP contribution >= 0.6 is 15.9 Å². The van der Waals surface area contributed by atoms with Gasteiger partial charge in [0, 0.05) is 16.5 Å². The maximum absolute atomic E-state index is 10.2. The van der Waals surface area contributed by atoms with E-state index in [-0.39, 0.29) is 12.6 Å². The quantitative estimate of drug-likeness (QED) is 0.572. The monoisotopic (exact) mass is 482 g/mol. The molecule has 2 aliphatic heterocycles. The van der Waals surface area contributed by atoms with Gasteiger partial charge < -0.3 is 19.4 Å². The number of furan rings is 1. The van der Waals surface area contributed by atoms with E-state index in [0.29, 0.717) is 17.9 Å². The lowest BCUT2D eigenvalue weighted by Crippen LogP contribution is -2.24. The van der Waals surface area contributed by atoms with Gasteiger partial charge in [-0.25, -0.2) is 0 Å². The first kappa shape index (κ1) is 20.5. The summed E-state index contributed by atoms with van der Waals surface area (Å²) >= 11 is 3.69. The maximum atomic E-state index is 10.2. The van der Waals surface area contributed by atoms with Gasteiger partial charge in [0.15, 0.2) is 0 Å².